The number of carbonyl (C=O) groups is 1. The zero-order chi connectivity index (χ0) is 17.2. The van der Waals surface area contributed by atoms with Gasteiger partial charge in [-0.15, -0.1) is 0 Å². The van der Waals surface area contributed by atoms with Crippen molar-refractivity contribution in [2.45, 2.75) is 19.8 Å². The van der Waals surface area contributed by atoms with Crippen LogP contribution in [-0.2, 0) is 4.79 Å². The summed E-state index contributed by atoms with van der Waals surface area (Å²) in [6.45, 7) is 2.93. The average Bonchev–Trinajstić information content (AvgIpc) is 3.00. The number of fused-ring (bicyclic) bond motifs is 2. The van der Waals surface area contributed by atoms with Crippen LogP contribution in [0.25, 0.3) is 21.5 Å². The smallest absolute Gasteiger partial charge is 0.243 e. The molecule has 126 valence electrons. The maximum Gasteiger partial charge on any atom is 0.243 e. The molecule has 0 spiro atoms. The summed E-state index contributed by atoms with van der Waals surface area (Å²) in [4.78, 5) is 19.3. The fourth-order valence-electron chi connectivity index (χ4n) is 3.26. The van der Waals surface area contributed by atoms with Crippen molar-refractivity contribution in [3.63, 3.8) is 0 Å². The highest BCUT2D eigenvalue weighted by Crippen LogP contribution is 2.39. The second-order valence-corrected chi connectivity index (χ2v) is 7.15. The van der Waals surface area contributed by atoms with Crippen molar-refractivity contribution in [3.05, 3.63) is 54.6 Å². The second kappa shape index (κ2) is 6.89. The lowest BCUT2D eigenvalue weighted by Crippen LogP contribution is -2.29. The predicted octanol–water partition coefficient (Wildman–Crippen LogP) is 5.23. The zero-order valence-corrected chi connectivity index (χ0v) is 15.1. The summed E-state index contributed by atoms with van der Waals surface area (Å²) in [5.41, 5.74) is 0.971. The average molecular weight is 348 g/mol. The molecule has 1 aliphatic heterocycles. The number of anilines is 1. The van der Waals surface area contributed by atoms with Crippen molar-refractivity contribution in [1.29, 1.82) is 0 Å². The van der Waals surface area contributed by atoms with Crippen molar-refractivity contribution < 1.29 is 4.79 Å². The molecule has 0 unspecified atom stereocenters. The number of amides is 1. The minimum absolute atomic E-state index is 0.113. The van der Waals surface area contributed by atoms with Gasteiger partial charge in [0.15, 0.2) is 5.17 Å². The van der Waals surface area contributed by atoms with Crippen LogP contribution in [0.4, 0.5) is 5.69 Å². The van der Waals surface area contributed by atoms with Crippen molar-refractivity contribution in [2.24, 2.45) is 4.99 Å². The molecular weight excluding hydrogens is 328 g/mol. The van der Waals surface area contributed by atoms with Crippen molar-refractivity contribution >= 4 is 50.1 Å². The van der Waals surface area contributed by atoms with Crippen LogP contribution in [-0.4, -0.2) is 23.4 Å². The van der Waals surface area contributed by atoms with Crippen LogP contribution in [0.1, 0.15) is 19.8 Å². The fourth-order valence-corrected chi connectivity index (χ4v) is 4.15. The van der Waals surface area contributed by atoms with Crippen molar-refractivity contribution in [3.8, 4) is 0 Å². The number of nitrogens with zero attached hydrogens (tertiary/aromatic N) is 2. The molecule has 1 amide bonds. The summed E-state index contributed by atoms with van der Waals surface area (Å²) in [5, 5.41) is 5.32. The Morgan fingerprint density at radius 2 is 1.68 bits per heavy atom. The predicted molar refractivity (Wildman–Crippen MR) is 109 cm³/mol. The van der Waals surface area contributed by atoms with Crippen LogP contribution >= 0.6 is 11.8 Å². The molecule has 0 saturated carbocycles. The second-order valence-electron chi connectivity index (χ2n) is 6.20. The first-order chi connectivity index (χ1) is 12.3. The number of aliphatic imine (C=N–C) groups is 1. The molecule has 4 heteroatoms. The van der Waals surface area contributed by atoms with Gasteiger partial charge in [-0.25, -0.2) is 0 Å². The molecule has 1 fully saturated rings. The lowest BCUT2D eigenvalue weighted by molar-refractivity contribution is -0.115. The van der Waals surface area contributed by atoms with Gasteiger partial charge in [-0.1, -0.05) is 73.6 Å². The van der Waals surface area contributed by atoms with Gasteiger partial charge in [-0.05, 0) is 23.3 Å². The molecule has 25 heavy (non-hydrogen) atoms. The molecule has 3 nitrogen and oxygen atoms in total. The normalized spacial score (nSPS) is 16.4. The van der Waals surface area contributed by atoms with Gasteiger partial charge in [0, 0.05) is 17.3 Å². The molecular formula is C21H20N2OS. The maximum absolute atomic E-state index is 12.7. The molecule has 1 heterocycles. The molecule has 0 radical (unpaired) electrons. The highest BCUT2D eigenvalue weighted by Gasteiger charge is 2.31. The van der Waals surface area contributed by atoms with E-state index in [4.69, 9.17) is 4.99 Å². The Morgan fingerprint density at radius 1 is 1.04 bits per heavy atom. The first kappa shape index (κ1) is 16.2. The Bertz CT molecular complexity index is 926. The Balaban J connectivity index is 1.96. The Kier molecular flexibility index (Phi) is 4.45. The molecule has 4 rings (SSSR count). The maximum atomic E-state index is 12.7. The summed E-state index contributed by atoms with van der Waals surface area (Å²) >= 11 is 1.55. The van der Waals surface area contributed by atoms with Crippen LogP contribution < -0.4 is 4.90 Å². The summed E-state index contributed by atoms with van der Waals surface area (Å²) in [6, 6.07) is 18.7. The number of amidine groups is 1. The summed E-state index contributed by atoms with van der Waals surface area (Å²) in [5.74, 6) is 0.574. The fraction of sp³-hybridized carbons (Fsp3) is 0.238. The van der Waals surface area contributed by atoms with Gasteiger partial charge >= 0.3 is 0 Å². The molecule has 0 aromatic heterocycles. The quantitative estimate of drug-likeness (QED) is 0.478. The number of unbranched alkanes of at least 4 members (excludes halogenated alkanes) is 1. The standard InChI is InChI=1S/C21H20N2OS/c1-2-3-12-22-21-23(19(24)14-25-21)20-17-10-6-4-8-15(17)13-16-9-5-7-11-18(16)20/h4-11,13H,2-3,12,14H2,1H3. The lowest BCUT2D eigenvalue weighted by Gasteiger charge is -2.21. The number of hydrogen-bond donors (Lipinski definition) is 0. The van der Waals surface area contributed by atoms with E-state index in [1.54, 1.807) is 11.8 Å². The lowest BCUT2D eigenvalue weighted by atomic mass is 10.00. The van der Waals surface area contributed by atoms with Gasteiger partial charge in [0.05, 0.1) is 11.4 Å². The topological polar surface area (TPSA) is 32.7 Å². The SMILES string of the molecule is CCCCN=C1SCC(=O)N1c1c2ccccc2cc2ccccc12. The molecule has 0 aliphatic carbocycles. The number of hydrogen-bond acceptors (Lipinski definition) is 3. The van der Waals surface area contributed by atoms with Crippen LogP contribution in [0.2, 0.25) is 0 Å². The Morgan fingerprint density at radius 3 is 2.32 bits per heavy atom. The molecule has 0 bridgehead atoms. The Hall–Kier alpha value is -2.33. The van der Waals surface area contributed by atoms with E-state index in [-0.39, 0.29) is 5.91 Å². The van der Waals surface area contributed by atoms with Gasteiger partial charge in [-0.2, -0.15) is 0 Å². The third kappa shape index (κ3) is 2.91. The van der Waals surface area contributed by atoms with Gasteiger partial charge in [-0.3, -0.25) is 14.7 Å². The van der Waals surface area contributed by atoms with Gasteiger partial charge in [0.1, 0.15) is 0 Å². The first-order valence-electron chi connectivity index (χ1n) is 8.70. The minimum Gasteiger partial charge on any atom is -0.273 e. The molecule has 3 aromatic rings. The van der Waals surface area contributed by atoms with Crippen molar-refractivity contribution in [1.82, 2.24) is 0 Å². The van der Waals surface area contributed by atoms with E-state index in [0.717, 1.165) is 51.8 Å². The number of carbonyl (C=O) groups excluding carboxylic acids is 1. The van der Waals surface area contributed by atoms with E-state index in [1.807, 2.05) is 29.2 Å². The Labute approximate surface area is 151 Å². The summed E-state index contributed by atoms with van der Waals surface area (Å²) in [7, 11) is 0. The van der Waals surface area contributed by atoms with Gasteiger partial charge in [0.2, 0.25) is 5.91 Å². The molecule has 1 saturated heterocycles. The van der Waals surface area contributed by atoms with E-state index < -0.39 is 0 Å². The van der Waals surface area contributed by atoms with Crippen LogP contribution in [0.3, 0.4) is 0 Å². The highest BCUT2D eigenvalue weighted by atomic mass is 32.2. The number of benzene rings is 3. The van der Waals surface area contributed by atoms with E-state index in [0.29, 0.717) is 5.75 Å². The molecule has 0 atom stereocenters. The van der Waals surface area contributed by atoms with Crippen LogP contribution in [0.15, 0.2) is 59.6 Å². The first-order valence-corrected chi connectivity index (χ1v) is 9.69. The largest absolute Gasteiger partial charge is 0.273 e. The van der Waals surface area contributed by atoms with E-state index in [2.05, 4.69) is 37.3 Å². The number of thioether (sulfide) groups is 1. The van der Waals surface area contributed by atoms with Crippen molar-refractivity contribution in [2.75, 3.05) is 17.2 Å². The molecule has 1 aliphatic rings. The van der Waals surface area contributed by atoms with Crippen LogP contribution in [0.5, 0.6) is 0 Å². The minimum atomic E-state index is 0.113. The molecule has 0 N–H and O–H groups in total. The van der Waals surface area contributed by atoms with Crippen LogP contribution in [0, 0.1) is 0 Å². The van der Waals surface area contributed by atoms with Gasteiger partial charge in [0.25, 0.3) is 0 Å². The zero-order valence-electron chi connectivity index (χ0n) is 14.2. The van der Waals surface area contributed by atoms with E-state index in [9.17, 15) is 4.79 Å². The van der Waals surface area contributed by atoms with E-state index in [1.165, 1.54) is 0 Å². The molecule has 3 aromatic carbocycles. The summed E-state index contributed by atoms with van der Waals surface area (Å²) in [6.07, 6.45) is 2.15. The third-order valence-electron chi connectivity index (χ3n) is 4.49. The number of rotatable bonds is 4. The monoisotopic (exact) mass is 348 g/mol. The summed E-state index contributed by atoms with van der Waals surface area (Å²) < 4.78 is 0. The van der Waals surface area contributed by atoms with Gasteiger partial charge < -0.3 is 0 Å². The highest BCUT2D eigenvalue weighted by molar-refractivity contribution is 8.15. The van der Waals surface area contributed by atoms with E-state index >= 15 is 0 Å². The third-order valence-corrected chi connectivity index (χ3v) is 5.45.